The fourth-order valence-electron chi connectivity index (χ4n) is 3.76. The summed E-state index contributed by atoms with van der Waals surface area (Å²) in [5.74, 6) is 2.26. The molecular weight excluding hydrogens is 344 g/mol. The number of phenols is 1. The smallest absolute Gasteiger partial charge is 0.175 e. The predicted octanol–water partition coefficient (Wildman–Crippen LogP) is 3.58. The lowest BCUT2D eigenvalue weighted by Gasteiger charge is -2.23. The first-order valence-electron chi connectivity index (χ1n) is 9.55. The van der Waals surface area contributed by atoms with Gasteiger partial charge < -0.3 is 24.7 Å². The molecule has 3 aliphatic heterocycles. The summed E-state index contributed by atoms with van der Waals surface area (Å²) in [4.78, 5) is 0. The molecule has 6 nitrogen and oxygen atoms in total. The molecule has 0 aliphatic carbocycles. The van der Waals surface area contributed by atoms with Gasteiger partial charge in [0, 0.05) is 23.7 Å². The van der Waals surface area contributed by atoms with Crippen LogP contribution in [0.1, 0.15) is 44.7 Å². The Bertz CT molecular complexity index is 825. The van der Waals surface area contributed by atoms with Crippen LogP contribution in [0.15, 0.2) is 52.6 Å². The normalized spacial score (nSPS) is 24.1. The zero-order valence-corrected chi connectivity index (χ0v) is 15.8. The molecular formula is C21H26N2O4. The summed E-state index contributed by atoms with van der Waals surface area (Å²) in [7, 11) is 0. The first kappa shape index (κ1) is 17.8. The van der Waals surface area contributed by atoms with Gasteiger partial charge in [-0.1, -0.05) is 13.3 Å². The van der Waals surface area contributed by atoms with Gasteiger partial charge in [-0.25, -0.2) is 5.43 Å². The number of hydrazine groups is 1. The summed E-state index contributed by atoms with van der Waals surface area (Å²) in [6, 6.07) is 5.20. The van der Waals surface area contributed by atoms with Crippen molar-refractivity contribution in [1.29, 1.82) is 0 Å². The number of ether oxygens (including phenoxy) is 3. The van der Waals surface area contributed by atoms with E-state index in [-0.39, 0.29) is 18.4 Å². The number of hydrogen-bond acceptors (Lipinski definition) is 6. The maximum atomic E-state index is 9.97. The van der Waals surface area contributed by atoms with Crippen molar-refractivity contribution < 1.29 is 19.3 Å². The molecule has 0 saturated heterocycles. The second kappa shape index (κ2) is 7.56. The van der Waals surface area contributed by atoms with Gasteiger partial charge in [-0.05, 0) is 42.7 Å². The van der Waals surface area contributed by atoms with Crippen molar-refractivity contribution in [3.63, 3.8) is 0 Å². The standard InChI is InChI=1S/C21H26N2O4/c1-3-5-14-10-18-19(26-9-4-8-25-18)12-27-17-11-15(24)6-7-16(17)21-20(14)13(2)22-23-21/h6-7,10-11,21-24H,3-5,8-9,12H2,1-2H3/b14-10+. The first-order chi connectivity index (χ1) is 13.2. The van der Waals surface area contributed by atoms with Crippen LogP contribution >= 0.6 is 0 Å². The molecule has 0 bridgehead atoms. The van der Waals surface area contributed by atoms with Gasteiger partial charge in [0.2, 0.25) is 0 Å². The molecule has 0 aromatic heterocycles. The minimum Gasteiger partial charge on any atom is -0.508 e. The highest BCUT2D eigenvalue weighted by Crippen LogP contribution is 2.41. The molecule has 0 radical (unpaired) electrons. The lowest BCUT2D eigenvalue weighted by atomic mass is 9.89. The van der Waals surface area contributed by atoms with Crippen molar-refractivity contribution in [3.05, 3.63) is 58.2 Å². The van der Waals surface area contributed by atoms with E-state index in [1.54, 1.807) is 12.1 Å². The molecule has 0 saturated carbocycles. The van der Waals surface area contributed by atoms with Gasteiger partial charge in [0.15, 0.2) is 11.5 Å². The number of aromatic hydroxyl groups is 1. The van der Waals surface area contributed by atoms with E-state index in [2.05, 4.69) is 30.8 Å². The number of allylic oxidation sites excluding steroid dienone is 2. The van der Waals surface area contributed by atoms with Gasteiger partial charge in [0.25, 0.3) is 0 Å². The largest absolute Gasteiger partial charge is 0.508 e. The van der Waals surface area contributed by atoms with E-state index in [1.807, 2.05) is 6.07 Å². The van der Waals surface area contributed by atoms with Crippen molar-refractivity contribution in [3.8, 4) is 11.5 Å². The Morgan fingerprint density at radius 3 is 2.89 bits per heavy atom. The summed E-state index contributed by atoms with van der Waals surface area (Å²) in [5, 5.41) is 9.97. The molecule has 0 spiro atoms. The Hall–Kier alpha value is -2.60. The molecule has 3 aliphatic rings. The molecule has 4 rings (SSSR count). The third-order valence-corrected chi connectivity index (χ3v) is 5.03. The molecule has 0 amide bonds. The Labute approximate surface area is 159 Å². The average Bonchev–Trinajstić information content (AvgIpc) is 2.89. The van der Waals surface area contributed by atoms with Crippen LogP contribution in [0.5, 0.6) is 11.5 Å². The summed E-state index contributed by atoms with van der Waals surface area (Å²) in [6.45, 7) is 5.75. The van der Waals surface area contributed by atoms with E-state index >= 15 is 0 Å². The minimum absolute atomic E-state index is 0.0627. The van der Waals surface area contributed by atoms with Gasteiger partial charge >= 0.3 is 0 Å². The highest BCUT2D eigenvalue weighted by atomic mass is 16.6. The lowest BCUT2D eigenvalue weighted by molar-refractivity contribution is 0.169. The first-order valence-corrected chi connectivity index (χ1v) is 9.55. The molecule has 1 atom stereocenters. The summed E-state index contributed by atoms with van der Waals surface area (Å²) in [5.41, 5.74) is 11.1. The molecule has 144 valence electrons. The van der Waals surface area contributed by atoms with Crippen molar-refractivity contribution >= 4 is 0 Å². The van der Waals surface area contributed by atoms with Crippen LogP contribution in [0, 0.1) is 0 Å². The number of phenolic OH excluding ortho intramolecular Hbond substituents is 1. The summed E-state index contributed by atoms with van der Waals surface area (Å²) >= 11 is 0. The Balaban J connectivity index is 1.89. The van der Waals surface area contributed by atoms with Gasteiger partial charge in [-0.2, -0.15) is 0 Å². The molecule has 3 heterocycles. The number of fused-ring (bicyclic) bond motifs is 3. The Morgan fingerprint density at radius 1 is 1.19 bits per heavy atom. The molecule has 3 N–H and O–H groups in total. The van der Waals surface area contributed by atoms with Crippen LogP contribution in [0.2, 0.25) is 0 Å². The summed E-state index contributed by atoms with van der Waals surface area (Å²) in [6.07, 6.45) is 4.91. The van der Waals surface area contributed by atoms with Crippen LogP contribution in [0.25, 0.3) is 0 Å². The molecule has 6 heteroatoms. The average molecular weight is 370 g/mol. The molecule has 27 heavy (non-hydrogen) atoms. The number of nitrogens with one attached hydrogen (secondary N) is 2. The molecule has 1 aromatic carbocycles. The van der Waals surface area contributed by atoms with Crippen LogP contribution < -0.4 is 15.6 Å². The van der Waals surface area contributed by atoms with Crippen molar-refractivity contribution in [2.75, 3.05) is 19.8 Å². The topological polar surface area (TPSA) is 72.0 Å². The number of rotatable bonds is 2. The quantitative estimate of drug-likeness (QED) is 0.739. The third-order valence-electron chi connectivity index (χ3n) is 5.03. The lowest BCUT2D eigenvalue weighted by Crippen LogP contribution is -2.27. The van der Waals surface area contributed by atoms with Crippen LogP contribution in [-0.2, 0) is 9.47 Å². The second-order valence-corrected chi connectivity index (χ2v) is 7.01. The van der Waals surface area contributed by atoms with Gasteiger partial charge in [-0.3, -0.25) is 0 Å². The van der Waals surface area contributed by atoms with E-state index in [9.17, 15) is 5.11 Å². The zero-order chi connectivity index (χ0) is 18.8. The zero-order valence-electron chi connectivity index (χ0n) is 15.8. The van der Waals surface area contributed by atoms with E-state index in [0.717, 1.165) is 36.3 Å². The number of hydrogen-bond donors (Lipinski definition) is 3. The highest BCUT2D eigenvalue weighted by molar-refractivity contribution is 5.53. The third kappa shape index (κ3) is 3.49. The highest BCUT2D eigenvalue weighted by Gasteiger charge is 2.31. The Kier molecular flexibility index (Phi) is 4.99. The SMILES string of the molecule is CCC/C1=C\C2=C(COc3cc(O)ccc3C3NNC(C)=C13)OCCCO2. The van der Waals surface area contributed by atoms with Crippen LogP contribution in [0.3, 0.4) is 0 Å². The molecule has 1 unspecified atom stereocenters. The van der Waals surface area contributed by atoms with Crippen molar-refractivity contribution in [2.24, 2.45) is 0 Å². The second-order valence-electron chi connectivity index (χ2n) is 7.01. The maximum Gasteiger partial charge on any atom is 0.175 e. The minimum atomic E-state index is -0.0627. The van der Waals surface area contributed by atoms with Crippen LogP contribution in [0.4, 0.5) is 0 Å². The van der Waals surface area contributed by atoms with Gasteiger partial charge in [-0.15, -0.1) is 0 Å². The predicted molar refractivity (Wildman–Crippen MR) is 102 cm³/mol. The molecule has 1 aromatic rings. The Morgan fingerprint density at radius 2 is 2.04 bits per heavy atom. The fraction of sp³-hybridized carbons (Fsp3) is 0.429. The van der Waals surface area contributed by atoms with Crippen molar-refractivity contribution in [2.45, 2.75) is 39.2 Å². The summed E-state index contributed by atoms with van der Waals surface area (Å²) < 4.78 is 18.0. The van der Waals surface area contributed by atoms with Crippen LogP contribution in [-0.4, -0.2) is 24.9 Å². The van der Waals surface area contributed by atoms with E-state index in [0.29, 0.717) is 24.7 Å². The van der Waals surface area contributed by atoms with Crippen molar-refractivity contribution in [1.82, 2.24) is 10.9 Å². The monoisotopic (exact) mass is 370 g/mol. The van der Waals surface area contributed by atoms with Gasteiger partial charge in [0.1, 0.15) is 18.1 Å². The number of benzene rings is 1. The maximum absolute atomic E-state index is 9.97. The molecule has 0 fully saturated rings. The van der Waals surface area contributed by atoms with Gasteiger partial charge in [0.05, 0.1) is 19.3 Å². The van der Waals surface area contributed by atoms with E-state index in [4.69, 9.17) is 14.2 Å². The van der Waals surface area contributed by atoms with E-state index < -0.39 is 0 Å². The van der Waals surface area contributed by atoms with E-state index in [1.165, 1.54) is 11.1 Å². The fourth-order valence-corrected chi connectivity index (χ4v) is 3.76.